The van der Waals surface area contributed by atoms with Crippen molar-refractivity contribution >= 4 is 29.0 Å². The second-order valence-corrected chi connectivity index (χ2v) is 6.71. The molecule has 1 aliphatic rings. The molecule has 0 atom stereocenters. The Balaban J connectivity index is 1.49. The van der Waals surface area contributed by atoms with Crippen molar-refractivity contribution in [3.05, 3.63) is 59.1 Å². The number of carbonyl (C=O) groups excluding carboxylic acids is 1. The van der Waals surface area contributed by atoms with Crippen molar-refractivity contribution in [3.63, 3.8) is 0 Å². The standard InChI is InChI=1S/C19H23ClN4O/c1-23-9-11-24(12-10-23)18-7-5-15(6-8-18)14-21-19(25)22-17-4-2-3-16(20)13-17/h2-8,13H,9-12,14H2,1H3,(H2,21,22,25). The molecule has 0 aliphatic carbocycles. The predicted molar refractivity (Wildman–Crippen MR) is 103 cm³/mol. The molecule has 0 bridgehead atoms. The van der Waals surface area contributed by atoms with Gasteiger partial charge >= 0.3 is 6.03 Å². The van der Waals surface area contributed by atoms with Crippen molar-refractivity contribution < 1.29 is 4.79 Å². The minimum absolute atomic E-state index is 0.245. The van der Waals surface area contributed by atoms with Crippen LogP contribution in [0.4, 0.5) is 16.2 Å². The molecule has 0 spiro atoms. The van der Waals surface area contributed by atoms with Crippen LogP contribution in [0.3, 0.4) is 0 Å². The van der Waals surface area contributed by atoms with Crippen LogP contribution in [0.2, 0.25) is 5.02 Å². The number of benzene rings is 2. The fourth-order valence-electron chi connectivity index (χ4n) is 2.81. The van der Waals surface area contributed by atoms with E-state index in [-0.39, 0.29) is 6.03 Å². The second kappa shape index (κ2) is 8.23. The van der Waals surface area contributed by atoms with E-state index in [1.165, 1.54) is 5.69 Å². The van der Waals surface area contributed by atoms with Gasteiger partial charge in [0.25, 0.3) is 0 Å². The Bertz CT molecular complexity index is 712. The third kappa shape index (κ3) is 5.11. The molecular weight excluding hydrogens is 336 g/mol. The van der Waals surface area contributed by atoms with Gasteiger partial charge in [-0.3, -0.25) is 0 Å². The topological polar surface area (TPSA) is 47.6 Å². The van der Waals surface area contributed by atoms with E-state index in [4.69, 9.17) is 11.6 Å². The van der Waals surface area contributed by atoms with Gasteiger partial charge in [-0.05, 0) is 42.9 Å². The molecule has 1 saturated heterocycles. The molecule has 2 aromatic rings. The summed E-state index contributed by atoms with van der Waals surface area (Å²) in [5.41, 5.74) is 2.98. The van der Waals surface area contributed by atoms with Crippen LogP contribution in [-0.4, -0.2) is 44.2 Å². The van der Waals surface area contributed by atoms with E-state index < -0.39 is 0 Å². The molecular formula is C19H23ClN4O. The third-order valence-corrected chi connectivity index (χ3v) is 4.58. The van der Waals surface area contributed by atoms with Gasteiger partial charge in [-0.2, -0.15) is 0 Å². The molecule has 2 N–H and O–H groups in total. The lowest BCUT2D eigenvalue weighted by atomic mass is 10.2. The molecule has 0 radical (unpaired) electrons. The number of rotatable bonds is 4. The quantitative estimate of drug-likeness (QED) is 0.880. The minimum atomic E-state index is -0.245. The van der Waals surface area contributed by atoms with Crippen molar-refractivity contribution in [1.29, 1.82) is 0 Å². The Morgan fingerprint density at radius 1 is 1.08 bits per heavy atom. The highest BCUT2D eigenvalue weighted by molar-refractivity contribution is 6.30. The molecule has 25 heavy (non-hydrogen) atoms. The van der Waals surface area contributed by atoms with Gasteiger partial charge in [0, 0.05) is 49.1 Å². The molecule has 132 valence electrons. The number of anilines is 2. The summed E-state index contributed by atoms with van der Waals surface area (Å²) < 4.78 is 0. The first-order valence-electron chi connectivity index (χ1n) is 8.43. The van der Waals surface area contributed by atoms with E-state index in [2.05, 4.69) is 51.7 Å². The Hall–Kier alpha value is -2.24. The van der Waals surface area contributed by atoms with E-state index >= 15 is 0 Å². The van der Waals surface area contributed by atoms with Gasteiger partial charge in [-0.25, -0.2) is 4.79 Å². The van der Waals surface area contributed by atoms with Crippen LogP contribution in [0.15, 0.2) is 48.5 Å². The van der Waals surface area contributed by atoms with Crippen molar-refractivity contribution in [2.24, 2.45) is 0 Å². The van der Waals surface area contributed by atoms with Gasteiger partial charge in [-0.15, -0.1) is 0 Å². The fourth-order valence-corrected chi connectivity index (χ4v) is 3.00. The average Bonchev–Trinajstić information content (AvgIpc) is 2.61. The first-order valence-corrected chi connectivity index (χ1v) is 8.81. The van der Waals surface area contributed by atoms with E-state index in [9.17, 15) is 4.79 Å². The summed E-state index contributed by atoms with van der Waals surface area (Å²) in [5, 5.41) is 6.23. The highest BCUT2D eigenvalue weighted by Crippen LogP contribution is 2.17. The molecule has 5 nitrogen and oxygen atoms in total. The van der Waals surface area contributed by atoms with Crippen molar-refractivity contribution in [2.75, 3.05) is 43.4 Å². The summed E-state index contributed by atoms with van der Waals surface area (Å²) in [6.45, 7) is 4.77. The number of halogens is 1. The summed E-state index contributed by atoms with van der Waals surface area (Å²) >= 11 is 5.91. The normalized spacial score (nSPS) is 15.0. The summed E-state index contributed by atoms with van der Waals surface area (Å²) in [6.07, 6.45) is 0. The molecule has 1 fully saturated rings. The number of likely N-dealkylation sites (N-methyl/N-ethyl adjacent to an activating group) is 1. The summed E-state index contributed by atoms with van der Waals surface area (Å²) in [5.74, 6) is 0. The number of carbonyl (C=O) groups is 1. The van der Waals surface area contributed by atoms with Gasteiger partial charge in [0.1, 0.15) is 0 Å². The lowest BCUT2D eigenvalue weighted by Crippen LogP contribution is -2.44. The number of nitrogens with one attached hydrogen (secondary N) is 2. The molecule has 1 heterocycles. The monoisotopic (exact) mass is 358 g/mol. The second-order valence-electron chi connectivity index (χ2n) is 6.27. The highest BCUT2D eigenvalue weighted by Gasteiger charge is 2.13. The molecule has 0 aromatic heterocycles. The van der Waals surface area contributed by atoms with E-state index in [0.717, 1.165) is 31.7 Å². The zero-order chi connectivity index (χ0) is 17.6. The Morgan fingerprint density at radius 3 is 2.48 bits per heavy atom. The molecule has 2 amide bonds. The van der Waals surface area contributed by atoms with Crippen molar-refractivity contribution in [2.45, 2.75) is 6.54 Å². The third-order valence-electron chi connectivity index (χ3n) is 4.34. The van der Waals surface area contributed by atoms with Gasteiger partial charge in [0.2, 0.25) is 0 Å². The minimum Gasteiger partial charge on any atom is -0.369 e. The summed E-state index contributed by atoms with van der Waals surface area (Å²) in [6, 6.07) is 15.2. The Morgan fingerprint density at radius 2 is 1.80 bits per heavy atom. The van der Waals surface area contributed by atoms with Gasteiger partial charge in [0.15, 0.2) is 0 Å². The lowest BCUT2D eigenvalue weighted by Gasteiger charge is -2.34. The van der Waals surface area contributed by atoms with Crippen LogP contribution in [0.5, 0.6) is 0 Å². The van der Waals surface area contributed by atoms with Crippen LogP contribution < -0.4 is 15.5 Å². The number of hydrogen-bond acceptors (Lipinski definition) is 3. The van der Waals surface area contributed by atoms with Crippen LogP contribution in [0.1, 0.15) is 5.56 Å². The lowest BCUT2D eigenvalue weighted by molar-refractivity contribution is 0.251. The van der Waals surface area contributed by atoms with Crippen LogP contribution >= 0.6 is 11.6 Å². The van der Waals surface area contributed by atoms with Crippen LogP contribution in [-0.2, 0) is 6.54 Å². The van der Waals surface area contributed by atoms with Crippen molar-refractivity contribution in [3.8, 4) is 0 Å². The molecule has 0 saturated carbocycles. The maximum atomic E-state index is 12.0. The number of urea groups is 1. The molecule has 1 aliphatic heterocycles. The van der Waals surface area contributed by atoms with Crippen LogP contribution in [0, 0.1) is 0 Å². The van der Waals surface area contributed by atoms with E-state index in [1.54, 1.807) is 24.3 Å². The number of piperazine rings is 1. The Labute approximate surface area is 153 Å². The predicted octanol–water partition coefficient (Wildman–Crippen LogP) is 3.41. The first kappa shape index (κ1) is 17.6. The fraction of sp³-hybridized carbons (Fsp3) is 0.316. The van der Waals surface area contributed by atoms with E-state index in [0.29, 0.717) is 17.3 Å². The number of nitrogens with zero attached hydrogens (tertiary/aromatic N) is 2. The molecule has 3 rings (SSSR count). The maximum Gasteiger partial charge on any atom is 0.319 e. The van der Waals surface area contributed by atoms with Gasteiger partial charge in [-0.1, -0.05) is 29.8 Å². The zero-order valence-corrected chi connectivity index (χ0v) is 15.1. The van der Waals surface area contributed by atoms with Crippen LogP contribution in [0.25, 0.3) is 0 Å². The maximum absolute atomic E-state index is 12.0. The first-order chi connectivity index (χ1) is 12.1. The van der Waals surface area contributed by atoms with E-state index in [1.807, 2.05) is 0 Å². The van der Waals surface area contributed by atoms with Gasteiger partial charge < -0.3 is 20.4 Å². The largest absolute Gasteiger partial charge is 0.369 e. The summed E-state index contributed by atoms with van der Waals surface area (Å²) in [4.78, 5) is 16.7. The zero-order valence-electron chi connectivity index (χ0n) is 14.3. The number of amides is 2. The van der Waals surface area contributed by atoms with Crippen molar-refractivity contribution in [1.82, 2.24) is 10.2 Å². The average molecular weight is 359 g/mol. The molecule has 2 aromatic carbocycles. The Kier molecular flexibility index (Phi) is 5.79. The number of hydrogen-bond donors (Lipinski definition) is 2. The smallest absolute Gasteiger partial charge is 0.319 e. The molecule has 0 unspecified atom stereocenters. The van der Waals surface area contributed by atoms with Gasteiger partial charge in [0.05, 0.1) is 0 Å². The summed E-state index contributed by atoms with van der Waals surface area (Å²) in [7, 11) is 2.15. The highest BCUT2D eigenvalue weighted by atomic mass is 35.5. The molecule has 6 heteroatoms. The SMILES string of the molecule is CN1CCN(c2ccc(CNC(=O)Nc3cccc(Cl)c3)cc2)CC1.